The predicted molar refractivity (Wildman–Crippen MR) is 290 cm³/mol. The molecule has 0 aromatic heterocycles. The van der Waals surface area contributed by atoms with E-state index in [1.807, 2.05) is 67.6 Å². The number of carboxylic acids is 4. The van der Waals surface area contributed by atoms with Crippen molar-refractivity contribution in [3.8, 4) is 107 Å². The molecule has 0 aliphatic rings. The average Bonchev–Trinajstić information content (AvgIpc) is 3.42. The minimum absolute atomic E-state index is 0.194. The Kier molecular flexibility index (Phi) is 19.2. The topological polar surface area (TPSA) is 169 Å². The Bertz CT molecular complexity index is 3730. The molecule has 6 aromatic rings. The third kappa shape index (κ3) is 17.4. The molecule has 0 radical (unpaired) electrons. The van der Waals surface area contributed by atoms with Gasteiger partial charge >= 0.3 is 23.9 Å². The second kappa shape index (κ2) is 27.1. The largest absolute Gasteiger partial charge is 0.478 e. The molecular weight excluding hydrogens is 949 g/mol. The molecule has 5 N–H and O–H groups in total. The summed E-state index contributed by atoms with van der Waals surface area (Å²) in [5.41, 5.74) is 6.62. The van der Waals surface area contributed by atoms with E-state index in [0.717, 1.165) is 28.8 Å². The molecular formula is C67H38O9. The van der Waals surface area contributed by atoms with E-state index >= 15 is 0 Å². The van der Waals surface area contributed by atoms with Gasteiger partial charge in [0, 0.05) is 66.8 Å². The Labute approximate surface area is 440 Å². The standard InChI is InChI=1S/C67H38O9/c1-3-47(18-11-19-63(68)4-2)12-5-6-13-48-20-26-51(27-21-48)32-35-56-38-57(36-33-52-28-22-49(23-29-52)14-7-9-16-54-41-59(64(69)70)45-60(42-54)65(71)72)40-58(39-56)37-34-53-30-24-50(25-31-53)15-8-10-17-55-43-61(66(73)74)46-62(44-55)67(75)76/h3-4,11,18,20-31,38-46,63,68H,2,19H2,1H3,(H,69,70)(H,71,72)(H,73,74)(H,75,76)/b18-11+,47-3-. The number of carbonyl (C=O) groups is 4. The molecule has 76 heavy (non-hydrogen) atoms. The fourth-order valence-corrected chi connectivity index (χ4v) is 6.34. The highest BCUT2D eigenvalue weighted by Crippen LogP contribution is 2.14. The summed E-state index contributed by atoms with van der Waals surface area (Å²) in [6, 6.07) is 34.6. The first-order valence-electron chi connectivity index (χ1n) is 22.7. The summed E-state index contributed by atoms with van der Waals surface area (Å²) in [7, 11) is 0. The molecule has 9 nitrogen and oxygen atoms in total. The van der Waals surface area contributed by atoms with Crippen LogP contribution in [0.2, 0.25) is 0 Å². The highest BCUT2D eigenvalue weighted by molar-refractivity contribution is 5.95. The Morgan fingerprint density at radius 3 is 0.961 bits per heavy atom. The Hall–Kier alpha value is -11.6. The van der Waals surface area contributed by atoms with Crippen molar-refractivity contribution >= 4 is 23.9 Å². The predicted octanol–water partition coefficient (Wildman–Crippen LogP) is 9.28. The molecule has 0 aliphatic carbocycles. The second-order valence-corrected chi connectivity index (χ2v) is 15.8. The van der Waals surface area contributed by atoms with E-state index in [2.05, 4.69) is 113 Å². The highest BCUT2D eigenvalue weighted by atomic mass is 16.4. The molecule has 0 heterocycles. The molecule has 0 spiro atoms. The van der Waals surface area contributed by atoms with Gasteiger partial charge in [-0.25, -0.2) is 19.2 Å². The van der Waals surface area contributed by atoms with Crippen molar-refractivity contribution in [2.24, 2.45) is 0 Å². The van der Waals surface area contributed by atoms with Crippen LogP contribution in [0.25, 0.3) is 0 Å². The number of aromatic carboxylic acids is 4. The molecule has 0 fully saturated rings. The van der Waals surface area contributed by atoms with Crippen molar-refractivity contribution in [3.63, 3.8) is 0 Å². The number of hydrogen-bond donors (Lipinski definition) is 5. The van der Waals surface area contributed by atoms with Crippen molar-refractivity contribution < 1.29 is 44.7 Å². The number of rotatable bonds is 8. The summed E-state index contributed by atoms with van der Waals surface area (Å²) in [5.74, 6) is 47.9. The fourth-order valence-electron chi connectivity index (χ4n) is 6.34. The minimum atomic E-state index is -1.27. The van der Waals surface area contributed by atoms with Gasteiger partial charge in [-0.2, -0.15) is 0 Å². The SMILES string of the molecule is C=CC(O)C/C=C/C(C#CC#Cc1ccc(C#Cc2cc(C#Cc3ccc(C#CC#Cc4cc(C(=O)O)cc(C(=O)O)c4)cc3)cc(C#Cc3ccc(C#CC#Cc4cc(C(=O)O)cc(C(=O)O)c4)cc3)c2)cc1)=C\C. The molecule has 1 unspecified atom stereocenters. The lowest BCUT2D eigenvalue weighted by atomic mass is 10.0. The number of allylic oxidation sites excluding steroid dienone is 3. The summed E-state index contributed by atoms with van der Waals surface area (Å²) in [5, 5.41) is 47.0. The van der Waals surface area contributed by atoms with Crippen LogP contribution in [0.3, 0.4) is 0 Å². The molecule has 1 atom stereocenters. The zero-order valence-corrected chi connectivity index (χ0v) is 40.3. The van der Waals surface area contributed by atoms with Crippen molar-refractivity contribution in [1.29, 1.82) is 0 Å². The van der Waals surface area contributed by atoms with E-state index in [0.29, 0.717) is 45.4 Å². The normalized spacial score (nSPS) is 10.1. The molecule has 360 valence electrons. The maximum absolute atomic E-state index is 11.4. The number of hydrogen-bond acceptors (Lipinski definition) is 5. The van der Waals surface area contributed by atoms with Crippen LogP contribution in [0.5, 0.6) is 0 Å². The van der Waals surface area contributed by atoms with Crippen LogP contribution in [0, 0.1) is 107 Å². The first kappa shape index (κ1) is 53.8. The maximum Gasteiger partial charge on any atom is 0.335 e. The number of aliphatic hydroxyl groups excluding tert-OH is 1. The van der Waals surface area contributed by atoms with Gasteiger partial charge in [0.1, 0.15) is 0 Å². The second-order valence-electron chi connectivity index (χ2n) is 15.8. The fraction of sp³-hybridized carbons (Fsp3) is 0.0448. The van der Waals surface area contributed by atoms with Crippen LogP contribution in [0.1, 0.15) is 116 Å². The van der Waals surface area contributed by atoms with Crippen molar-refractivity contribution in [2.45, 2.75) is 19.4 Å². The molecule has 0 bridgehead atoms. The Morgan fingerprint density at radius 2 is 0.671 bits per heavy atom. The lowest BCUT2D eigenvalue weighted by Gasteiger charge is -1.99. The van der Waals surface area contributed by atoms with E-state index in [4.69, 9.17) is 0 Å². The molecule has 6 rings (SSSR count). The average molecular weight is 987 g/mol. The van der Waals surface area contributed by atoms with Crippen LogP contribution >= 0.6 is 0 Å². The highest BCUT2D eigenvalue weighted by Gasteiger charge is 2.12. The van der Waals surface area contributed by atoms with E-state index in [-0.39, 0.29) is 33.4 Å². The lowest BCUT2D eigenvalue weighted by Crippen LogP contribution is -2.03. The molecule has 0 saturated heterocycles. The quantitative estimate of drug-likeness (QED) is 0.0567. The van der Waals surface area contributed by atoms with Crippen LogP contribution < -0.4 is 0 Å². The van der Waals surface area contributed by atoms with Crippen LogP contribution in [0.15, 0.2) is 164 Å². The van der Waals surface area contributed by atoms with Crippen LogP contribution in [-0.2, 0) is 0 Å². The summed E-state index contributed by atoms with van der Waals surface area (Å²) in [6.07, 6.45) is 6.84. The summed E-state index contributed by atoms with van der Waals surface area (Å²) in [6.45, 7) is 5.45. The maximum atomic E-state index is 11.4. The zero-order chi connectivity index (χ0) is 54.2. The lowest BCUT2D eigenvalue weighted by molar-refractivity contribution is 0.0676. The third-order valence-corrected chi connectivity index (χ3v) is 10.2. The Morgan fingerprint density at radius 1 is 0.408 bits per heavy atom. The molecule has 0 aliphatic heterocycles. The monoisotopic (exact) mass is 986 g/mol. The van der Waals surface area contributed by atoms with Gasteiger partial charge in [0.05, 0.1) is 28.4 Å². The van der Waals surface area contributed by atoms with Gasteiger partial charge in [-0.15, -0.1) is 6.58 Å². The van der Waals surface area contributed by atoms with Gasteiger partial charge in [-0.1, -0.05) is 95.3 Å². The van der Waals surface area contributed by atoms with Crippen molar-refractivity contribution in [3.05, 3.63) is 247 Å². The van der Waals surface area contributed by atoms with E-state index in [9.17, 15) is 44.7 Å². The van der Waals surface area contributed by atoms with E-state index in [1.165, 1.54) is 30.3 Å². The van der Waals surface area contributed by atoms with Crippen molar-refractivity contribution in [2.75, 3.05) is 0 Å². The minimum Gasteiger partial charge on any atom is -0.478 e. The zero-order valence-electron chi connectivity index (χ0n) is 40.3. The van der Waals surface area contributed by atoms with Gasteiger partial charge in [0.15, 0.2) is 0 Å². The van der Waals surface area contributed by atoms with Gasteiger partial charge in [-0.05, 0) is 176 Å². The van der Waals surface area contributed by atoms with Gasteiger partial charge in [0.2, 0.25) is 0 Å². The number of benzene rings is 6. The Balaban J connectivity index is 1.22. The molecule has 6 aromatic carbocycles. The van der Waals surface area contributed by atoms with E-state index < -0.39 is 30.0 Å². The number of carboxylic acid groups (broad SMARTS) is 4. The van der Waals surface area contributed by atoms with Crippen LogP contribution in [-0.4, -0.2) is 55.5 Å². The number of aliphatic hydroxyl groups is 1. The van der Waals surface area contributed by atoms with Crippen LogP contribution in [0.4, 0.5) is 0 Å². The van der Waals surface area contributed by atoms with E-state index in [1.54, 1.807) is 48.5 Å². The molecule has 9 heteroatoms. The van der Waals surface area contributed by atoms with Gasteiger partial charge in [-0.3, -0.25) is 0 Å². The summed E-state index contributed by atoms with van der Waals surface area (Å²) < 4.78 is 0. The van der Waals surface area contributed by atoms with Crippen molar-refractivity contribution in [1.82, 2.24) is 0 Å². The summed E-state index contributed by atoms with van der Waals surface area (Å²) in [4.78, 5) is 45.7. The smallest absolute Gasteiger partial charge is 0.335 e. The molecule has 0 saturated carbocycles. The summed E-state index contributed by atoms with van der Waals surface area (Å²) >= 11 is 0. The third-order valence-electron chi connectivity index (χ3n) is 10.2. The van der Waals surface area contributed by atoms with Gasteiger partial charge < -0.3 is 25.5 Å². The van der Waals surface area contributed by atoms with Gasteiger partial charge in [0.25, 0.3) is 0 Å². The first-order chi connectivity index (χ1) is 36.7. The first-order valence-corrected chi connectivity index (χ1v) is 22.7. The molecule has 0 amide bonds.